The molecule has 3 aromatic carbocycles. The molecule has 0 spiro atoms. The topological polar surface area (TPSA) is 108 Å². The maximum Gasteiger partial charge on any atom is 0.418 e. The van der Waals surface area contributed by atoms with Crippen LogP contribution < -0.4 is 15.4 Å². The summed E-state index contributed by atoms with van der Waals surface area (Å²) in [7, 11) is 0. The van der Waals surface area contributed by atoms with Crippen molar-refractivity contribution in [3.05, 3.63) is 89.5 Å². The van der Waals surface area contributed by atoms with E-state index < -0.39 is 36.0 Å². The van der Waals surface area contributed by atoms with E-state index in [9.17, 15) is 31.9 Å². The molecule has 3 aromatic rings. The Kier molecular flexibility index (Phi) is 8.56. The highest BCUT2D eigenvalue weighted by molar-refractivity contribution is 6.00. The molecule has 0 aliphatic carbocycles. The molecule has 4 rings (SSSR count). The van der Waals surface area contributed by atoms with Crippen LogP contribution in [0.3, 0.4) is 0 Å². The van der Waals surface area contributed by atoms with E-state index in [1.54, 1.807) is 12.1 Å². The lowest BCUT2D eigenvalue weighted by Gasteiger charge is -2.24. The van der Waals surface area contributed by atoms with Crippen LogP contribution in [-0.2, 0) is 17.4 Å². The molecular formula is C28H25F4N3O5. The summed E-state index contributed by atoms with van der Waals surface area (Å²) in [5, 5.41) is 13.6. The molecule has 40 heavy (non-hydrogen) atoms. The van der Waals surface area contributed by atoms with E-state index in [1.165, 1.54) is 53.4 Å². The number of rotatable bonds is 8. The average Bonchev–Trinajstić information content (AvgIpc) is 3.29. The lowest BCUT2D eigenvalue weighted by molar-refractivity contribution is -0.137. The summed E-state index contributed by atoms with van der Waals surface area (Å²) in [4.78, 5) is 37.6. The van der Waals surface area contributed by atoms with Crippen molar-refractivity contribution in [1.29, 1.82) is 0 Å². The second-order valence-corrected chi connectivity index (χ2v) is 9.17. The normalized spacial score (nSPS) is 16.9. The van der Waals surface area contributed by atoms with E-state index in [0.29, 0.717) is 17.0 Å². The highest BCUT2D eigenvalue weighted by Crippen LogP contribution is 2.34. The molecule has 1 fully saturated rings. The first-order chi connectivity index (χ1) is 19.0. The number of likely N-dealkylation sites (tertiary alicyclic amines) is 1. The molecule has 1 saturated heterocycles. The summed E-state index contributed by atoms with van der Waals surface area (Å²) < 4.78 is 59.3. The van der Waals surface area contributed by atoms with Crippen molar-refractivity contribution in [1.82, 2.24) is 4.90 Å². The number of carbonyl (C=O) groups excluding carboxylic acids is 2. The van der Waals surface area contributed by atoms with Crippen molar-refractivity contribution in [3.63, 3.8) is 0 Å². The number of nitrogens with one attached hydrogen (secondary N) is 2. The Morgan fingerprint density at radius 1 is 0.950 bits per heavy atom. The molecule has 0 saturated carbocycles. The minimum Gasteiger partial charge on any atom is -0.491 e. The number of carbonyl (C=O) groups is 3. The predicted molar refractivity (Wildman–Crippen MR) is 138 cm³/mol. The molecule has 3 amide bonds. The lowest BCUT2D eigenvalue weighted by atomic mass is 10.1. The molecule has 210 valence electrons. The Bertz CT molecular complexity index is 1360. The minimum atomic E-state index is -4.63. The summed E-state index contributed by atoms with van der Waals surface area (Å²) in [6, 6.07) is 15.1. The summed E-state index contributed by atoms with van der Waals surface area (Å²) in [5.74, 6) is -0.996. The highest BCUT2D eigenvalue weighted by Gasteiger charge is 2.36. The van der Waals surface area contributed by atoms with Crippen LogP contribution in [0.2, 0.25) is 0 Å². The van der Waals surface area contributed by atoms with Gasteiger partial charge < -0.3 is 25.4 Å². The molecule has 3 N–H and O–H groups in total. The Balaban J connectivity index is 1.31. The van der Waals surface area contributed by atoms with E-state index in [1.807, 2.05) is 0 Å². The van der Waals surface area contributed by atoms with Crippen molar-refractivity contribution >= 4 is 29.3 Å². The number of urea groups is 1. The molecule has 1 aliphatic heterocycles. The molecular weight excluding hydrogens is 534 g/mol. The lowest BCUT2D eigenvalue weighted by Crippen LogP contribution is -2.40. The number of carboxylic acid groups (broad SMARTS) is 1. The zero-order valence-electron chi connectivity index (χ0n) is 21.0. The van der Waals surface area contributed by atoms with Gasteiger partial charge in [-0.1, -0.05) is 24.3 Å². The van der Waals surface area contributed by atoms with E-state index in [0.717, 1.165) is 12.1 Å². The van der Waals surface area contributed by atoms with Gasteiger partial charge in [-0.25, -0.2) is 14.0 Å². The second kappa shape index (κ2) is 12.1. The van der Waals surface area contributed by atoms with Crippen molar-refractivity contribution < 1.29 is 41.8 Å². The number of carboxylic acids is 1. The van der Waals surface area contributed by atoms with Gasteiger partial charge in [-0.05, 0) is 54.1 Å². The molecule has 0 unspecified atom stereocenters. The van der Waals surface area contributed by atoms with Crippen molar-refractivity contribution in [3.8, 4) is 5.75 Å². The number of halogens is 4. The third kappa shape index (κ3) is 7.28. The average molecular weight is 560 g/mol. The first-order valence-corrected chi connectivity index (χ1v) is 12.2. The summed E-state index contributed by atoms with van der Waals surface area (Å²) >= 11 is 0. The zero-order valence-corrected chi connectivity index (χ0v) is 21.0. The van der Waals surface area contributed by atoms with Gasteiger partial charge in [0.15, 0.2) is 0 Å². The molecule has 12 heteroatoms. The van der Waals surface area contributed by atoms with Crippen molar-refractivity contribution in [2.24, 2.45) is 0 Å². The molecule has 8 nitrogen and oxygen atoms in total. The van der Waals surface area contributed by atoms with Gasteiger partial charge in [0.25, 0.3) is 0 Å². The van der Waals surface area contributed by atoms with Gasteiger partial charge >= 0.3 is 18.2 Å². The number of aromatic carboxylic acids is 1. The Hall–Kier alpha value is -4.61. The molecule has 0 bridgehead atoms. The van der Waals surface area contributed by atoms with Gasteiger partial charge in [0, 0.05) is 12.1 Å². The van der Waals surface area contributed by atoms with Crippen LogP contribution in [0, 0.1) is 0 Å². The number of para-hydroxylation sites is 1. The quantitative estimate of drug-likeness (QED) is 0.311. The fourth-order valence-electron chi connectivity index (χ4n) is 4.32. The van der Waals surface area contributed by atoms with Gasteiger partial charge in [-0.2, -0.15) is 13.2 Å². The van der Waals surface area contributed by atoms with E-state index in [2.05, 4.69) is 10.6 Å². The van der Waals surface area contributed by atoms with Crippen molar-refractivity contribution in [2.45, 2.75) is 31.2 Å². The summed E-state index contributed by atoms with van der Waals surface area (Å²) in [5.41, 5.74) is -0.381. The largest absolute Gasteiger partial charge is 0.491 e. The number of alkyl halides is 4. The smallest absolute Gasteiger partial charge is 0.418 e. The monoisotopic (exact) mass is 559 g/mol. The molecule has 0 aromatic heterocycles. The molecule has 1 heterocycles. The number of hydrogen-bond acceptors (Lipinski definition) is 4. The fraction of sp³-hybridized carbons (Fsp3) is 0.250. The molecule has 1 aliphatic rings. The van der Waals surface area contributed by atoms with E-state index >= 15 is 0 Å². The number of amides is 3. The van der Waals surface area contributed by atoms with Gasteiger partial charge in [0.05, 0.1) is 35.8 Å². The van der Waals surface area contributed by atoms with Crippen LogP contribution in [-0.4, -0.2) is 53.3 Å². The number of nitrogens with zero attached hydrogens (tertiary/aromatic N) is 1. The Morgan fingerprint density at radius 2 is 1.62 bits per heavy atom. The molecule has 0 radical (unpaired) electrons. The van der Waals surface area contributed by atoms with Gasteiger partial charge in [-0.15, -0.1) is 0 Å². The minimum absolute atomic E-state index is 0.0357. The maximum atomic E-state index is 14.2. The van der Waals surface area contributed by atoms with Gasteiger partial charge in [-0.3, -0.25) is 4.79 Å². The van der Waals surface area contributed by atoms with Crippen LogP contribution >= 0.6 is 0 Å². The van der Waals surface area contributed by atoms with E-state index in [-0.39, 0.29) is 43.2 Å². The maximum absolute atomic E-state index is 14.2. The van der Waals surface area contributed by atoms with Crippen molar-refractivity contribution in [2.75, 3.05) is 23.8 Å². The van der Waals surface area contributed by atoms with Crippen LogP contribution in [0.4, 0.5) is 33.7 Å². The SMILES string of the molecule is O=C(Nc1ccc(CC(=O)N2C[C@@H](F)C[C@H]2COc2ccc(C(=O)O)cc2)cc1)Nc1ccccc1C(F)(F)F. The number of ether oxygens (including phenoxy) is 1. The Labute approximate surface area is 226 Å². The van der Waals surface area contributed by atoms with Gasteiger partial charge in [0.1, 0.15) is 18.5 Å². The number of hydrogen-bond donors (Lipinski definition) is 3. The standard InChI is InChI=1S/C28H25F4N3O5/c29-19-14-21(16-40-22-11-7-18(8-12-22)26(37)38)35(15-19)25(36)13-17-5-9-20(10-6-17)33-27(39)34-24-4-2-1-3-23(24)28(30,31)32/h1-12,19,21H,13-16H2,(H,37,38)(H2,33,34,39)/t19-,21-/m0/s1. The summed E-state index contributed by atoms with van der Waals surface area (Å²) in [6.45, 7) is -0.0436. The second-order valence-electron chi connectivity index (χ2n) is 9.17. The van der Waals surface area contributed by atoms with Gasteiger partial charge in [0.2, 0.25) is 5.91 Å². The first-order valence-electron chi connectivity index (χ1n) is 12.2. The number of benzene rings is 3. The van der Waals surface area contributed by atoms with E-state index in [4.69, 9.17) is 9.84 Å². The van der Waals surface area contributed by atoms with Crippen LogP contribution in [0.1, 0.15) is 27.9 Å². The first kappa shape index (κ1) is 28.4. The van der Waals surface area contributed by atoms with Crippen LogP contribution in [0.25, 0.3) is 0 Å². The van der Waals surface area contributed by atoms with Crippen LogP contribution in [0.15, 0.2) is 72.8 Å². The predicted octanol–water partition coefficient (Wildman–Crippen LogP) is 5.61. The van der Waals surface area contributed by atoms with Crippen LogP contribution in [0.5, 0.6) is 5.75 Å². The molecule has 2 atom stereocenters. The Morgan fingerprint density at radius 3 is 2.27 bits per heavy atom. The number of anilines is 2. The fourth-order valence-corrected chi connectivity index (χ4v) is 4.32. The third-order valence-electron chi connectivity index (χ3n) is 6.28. The zero-order chi connectivity index (χ0) is 28.9. The third-order valence-corrected chi connectivity index (χ3v) is 6.28. The summed E-state index contributed by atoms with van der Waals surface area (Å²) in [6.07, 6.45) is -5.77. The highest BCUT2D eigenvalue weighted by atomic mass is 19.4.